The largest absolute Gasteiger partial charge is 0.378 e. The van der Waals surface area contributed by atoms with Crippen molar-refractivity contribution in [3.8, 4) is 0 Å². The predicted octanol–water partition coefficient (Wildman–Crippen LogP) is 1.76. The van der Waals surface area contributed by atoms with Crippen molar-refractivity contribution in [1.82, 2.24) is 16.0 Å². The van der Waals surface area contributed by atoms with E-state index in [1.54, 1.807) is 7.05 Å². The van der Waals surface area contributed by atoms with Crippen LogP contribution >= 0.6 is 0 Å². The summed E-state index contributed by atoms with van der Waals surface area (Å²) in [6.45, 7) is 14.8. The zero-order chi connectivity index (χ0) is 17.9. The van der Waals surface area contributed by atoms with Gasteiger partial charge in [0.2, 0.25) is 5.91 Å². The smallest absolute Gasteiger partial charge is 0.225 e. The fraction of sp³-hybridized carbons (Fsp3) is 0.882. The molecular weight excluding hydrogens is 292 g/mol. The van der Waals surface area contributed by atoms with Gasteiger partial charge < -0.3 is 20.7 Å². The summed E-state index contributed by atoms with van der Waals surface area (Å²) < 4.78 is 5.73. The van der Waals surface area contributed by atoms with E-state index < -0.39 is 0 Å². The second-order valence-corrected chi connectivity index (χ2v) is 6.96. The van der Waals surface area contributed by atoms with Gasteiger partial charge in [0.15, 0.2) is 5.96 Å². The van der Waals surface area contributed by atoms with Crippen molar-refractivity contribution in [3.05, 3.63) is 0 Å². The first-order chi connectivity index (χ1) is 10.7. The maximum Gasteiger partial charge on any atom is 0.225 e. The fourth-order valence-electron chi connectivity index (χ4n) is 2.00. The van der Waals surface area contributed by atoms with E-state index >= 15 is 0 Å². The molecule has 136 valence electrons. The second kappa shape index (κ2) is 11.3. The molecule has 1 unspecified atom stereocenters. The van der Waals surface area contributed by atoms with Crippen LogP contribution in [-0.2, 0) is 9.53 Å². The van der Waals surface area contributed by atoms with Crippen LogP contribution in [0, 0.1) is 11.3 Å². The second-order valence-electron chi connectivity index (χ2n) is 6.96. The lowest BCUT2D eigenvalue weighted by molar-refractivity contribution is -0.128. The third-order valence-electron chi connectivity index (χ3n) is 3.45. The van der Waals surface area contributed by atoms with Gasteiger partial charge in [-0.3, -0.25) is 9.79 Å². The third kappa shape index (κ3) is 10.2. The normalized spacial score (nSPS) is 13.8. The maximum absolute atomic E-state index is 11.8. The van der Waals surface area contributed by atoms with Gasteiger partial charge in [0, 0.05) is 38.7 Å². The molecule has 0 aliphatic rings. The zero-order valence-corrected chi connectivity index (χ0v) is 16.0. The van der Waals surface area contributed by atoms with Crippen LogP contribution in [-0.4, -0.2) is 51.3 Å². The number of hydrogen-bond acceptors (Lipinski definition) is 3. The molecule has 0 radical (unpaired) electrons. The third-order valence-corrected chi connectivity index (χ3v) is 3.45. The summed E-state index contributed by atoms with van der Waals surface area (Å²) in [5.41, 5.74) is -0.356. The lowest BCUT2D eigenvalue weighted by atomic mass is 9.96. The van der Waals surface area contributed by atoms with Gasteiger partial charge in [-0.1, -0.05) is 34.6 Å². The van der Waals surface area contributed by atoms with Gasteiger partial charge in [-0.2, -0.15) is 0 Å². The highest BCUT2D eigenvalue weighted by molar-refractivity contribution is 5.81. The number of hydrogen-bond donors (Lipinski definition) is 3. The van der Waals surface area contributed by atoms with Gasteiger partial charge in [-0.05, 0) is 19.3 Å². The Bertz CT molecular complexity index is 362. The Balaban J connectivity index is 3.98. The number of amides is 1. The van der Waals surface area contributed by atoms with E-state index in [1.165, 1.54) is 0 Å². The fourth-order valence-corrected chi connectivity index (χ4v) is 2.00. The lowest BCUT2D eigenvalue weighted by Gasteiger charge is -2.21. The molecule has 0 rings (SSSR count). The molecule has 0 bridgehead atoms. The van der Waals surface area contributed by atoms with Crippen LogP contribution in [0.5, 0.6) is 0 Å². The average molecular weight is 329 g/mol. The minimum absolute atomic E-state index is 0.0544. The van der Waals surface area contributed by atoms with Crippen molar-refractivity contribution in [2.45, 2.75) is 54.1 Å². The van der Waals surface area contributed by atoms with E-state index in [1.807, 2.05) is 27.7 Å². The average Bonchev–Trinajstić information content (AvgIpc) is 2.47. The van der Waals surface area contributed by atoms with Crippen molar-refractivity contribution < 1.29 is 9.53 Å². The highest BCUT2D eigenvalue weighted by Gasteiger charge is 2.20. The standard InChI is InChI=1S/C17H36N4O2/c1-8-23-14(13(2)3)9-10-20-16(18-7)21-12-11-19-15(22)17(4,5)6/h13-14H,8-12H2,1-7H3,(H,19,22)(H2,18,20,21). The molecule has 0 saturated heterocycles. The van der Waals surface area contributed by atoms with Gasteiger partial charge >= 0.3 is 0 Å². The van der Waals surface area contributed by atoms with E-state index in [9.17, 15) is 4.79 Å². The molecule has 0 saturated carbocycles. The summed E-state index contributed by atoms with van der Waals surface area (Å²) in [4.78, 5) is 15.9. The van der Waals surface area contributed by atoms with Crippen LogP contribution in [0.1, 0.15) is 48.0 Å². The van der Waals surface area contributed by atoms with Crippen molar-refractivity contribution >= 4 is 11.9 Å². The van der Waals surface area contributed by atoms with Crippen LogP contribution in [0.2, 0.25) is 0 Å². The van der Waals surface area contributed by atoms with E-state index in [4.69, 9.17) is 4.74 Å². The van der Waals surface area contributed by atoms with Crippen LogP contribution < -0.4 is 16.0 Å². The van der Waals surface area contributed by atoms with Gasteiger partial charge in [0.05, 0.1) is 6.10 Å². The van der Waals surface area contributed by atoms with Crippen molar-refractivity contribution in [3.63, 3.8) is 0 Å². The molecular formula is C17H36N4O2. The van der Waals surface area contributed by atoms with Crippen LogP contribution in [0.15, 0.2) is 4.99 Å². The molecule has 6 heteroatoms. The molecule has 3 N–H and O–H groups in total. The number of carbonyl (C=O) groups is 1. The van der Waals surface area contributed by atoms with Gasteiger partial charge in [0.1, 0.15) is 0 Å². The van der Waals surface area contributed by atoms with Crippen LogP contribution in [0.3, 0.4) is 0 Å². The summed E-state index contributed by atoms with van der Waals surface area (Å²) in [6.07, 6.45) is 1.20. The minimum atomic E-state index is -0.356. The van der Waals surface area contributed by atoms with E-state index in [0.717, 1.165) is 25.5 Å². The molecule has 0 aromatic rings. The number of carbonyl (C=O) groups excluding carboxylic acids is 1. The van der Waals surface area contributed by atoms with Gasteiger partial charge in [0.25, 0.3) is 0 Å². The number of aliphatic imine (C=N–C) groups is 1. The Morgan fingerprint density at radius 1 is 1.09 bits per heavy atom. The summed E-state index contributed by atoms with van der Waals surface area (Å²) in [5, 5.41) is 9.38. The molecule has 0 aliphatic carbocycles. The molecule has 23 heavy (non-hydrogen) atoms. The van der Waals surface area contributed by atoms with Crippen molar-refractivity contribution in [2.75, 3.05) is 33.3 Å². The number of rotatable bonds is 9. The molecule has 6 nitrogen and oxygen atoms in total. The molecule has 1 atom stereocenters. The maximum atomic E-state index is 11.8. The topological polar surface area (TPSA) is 74.8 Å². The minimum Gasteiger partial charge on any atom is -0.378 e. The van der Waals surface area contributed by atoms with E-state index in [-0.39, 0.29) is 17.4 Å². The number of nitrogens with one attached hydrogen (secondary N) is 3. The highest BCUT2D eigenvalue weighted by atomic mass is 16.5. The Hall–Kier alpha value is -1.30. The molecule has 1 amide bonds. The Morgan fingerprint density at radius 2 is 1.65 bits per heavy atom. The molecule has 0 fully saturated rings. The Kier molecular flexibility index (Phi) is 10.6. The summed E-state index contributed by atoms with van der Waals surface area (Å²) >= 11 is 0. The molecule has 0 aromatic carbocycles. The Labute approximate surface area is 141 Å². The van der Waals surface area contributed by atoms with E-state index in [2.05, 4.69) is 34.8 Å². The first-order valence-corrected chi connectivity index (χ1v) is 8.56. The number of guanidine groups is 1. The zero-order valence-electron chi connectivity index (χ0n) is 16.0. The molecule has 0 spiro atoms. The van der Waals surface area contributed by atoms with Crippen LogP contribution in [0.25, 0.3) is 0 Å². The van der Waals surface area contributed by atoms with Gasteiger partial charge in [-0.25, -0.2) is 0 Å². The molecule has 0 aliphatic heterocycles. The SMILES string of the molecule is CCOC(CCNC(=NC)NCCNC(=O)C(C)(C)C)C(C)C. The summed E-state index contributed by atoms with van der Waals surface area (Å²) in [7, 11) is 1.74. The monoisotopic (exact) mass is 328 g/mol. The number of ether oxygens (including phenoxy) is 1. The highest BCUT2D eigenvalue weighted by Crippen LogP contribution is 2.12. The summed E-state index contributed by atoms with van der Waals surface area (Å²) in [6, 6.07) is 0. The van der Waals surface area contributed by atoms with Crippen LogP contribution in [0.4, 0.5) is 0 Å². The predicted molar refractivity (Wildman–Crippen MR) is 96.7 cm³/mol. The van der Waals surface area contributed by atoms with Crippen molar-refractivity contribution in [1.29, 1.82) is 0 Å². The first-order valence-electron chi connectivity index (χ1n) is 8.56. The van der Waals surface area contributed by atoms with Gasteiger partial charge in [-0.15, -0.1) is 0 Å². The summed E-state index contributed by atoms with van der Waals surface area (Å²) in [5.74, 6) is 1.30. The molecule has 0 aromatic heterocycles. The first kappa shape index (κ1) is 21.7. The van der Waals surface area contributed by atoms with E-state index in [0.29, 0.717) is 19.0 Å². The molecule has 0 heterocycles. The quantitative estimate of drug-likeness (QED) is 0.342. The Morgan fingerprint density at radius 3 is 2.13 bits per heavy atom. The number of nitrogens with zero attached hydrogens (tertiary/aromatic N) is 1. The lowest BCUT2D eigenvalue weighted by Crippen LogP contribution is -2.44. The van der Waals surface area contributed by atoms with Crippen molar-refractivity contribution in [2.24, 2.45) is 16.3 Å².